The molecule has 2 heterocycles. The molecule has 3 aromatic rings. The van der Waals surface area contributed by atoms with Gasteiger partial charge in [-0.25, -0.2) is 9.67 Å². The minimum absolute atomic E-state index is 0.233. The van der Waals surface area contributed by atoms with Gasteiger partial charge in [0, 0.05) is 18.4 Å². The number of nitrogens with one attached hydrogen (secondary N) is 1. The van der Waals surface area contributed by atoms with Gasteiger partial charge in [-0.2, -0.15) is 0 Å². The average Bonchev–Trinajstić information content (AvgIpc) is 3.03. The van der Waals surface area contributed by atoms with Crippen LogP contribution < -0.4 is 5.32 Å². The van der Waals surface area contributed by atoms with Crippen molar-refractivity contribution in [3.8, 4) is 5.69 Å². The summed E-state index contributed by atoms with van der Waals surface area (Å²) in [7, 11) is 0. The van der Waals surface area contributed by atoms with E-state index in [9.17, 15) is 0 Å². The summed E-state index contributed by atoms with van der Waals surface area (Å²) in [5.74, 6) is 0.778. The molecule has 3 rings (SSSR count). The van der Waals surface area contributed by atoms with E-state index in [0.29, 0.717) is 6.54 Å². The van der Waals surface area contributed by atoms with Crippen molar-refractivity contribution in [2.24, 2.45) is 0 Å². The van der Waals surface area contributed by atoms with Crippen molar-refractivity contribution in [1.29, 1.82) is 0 Å². The van der Waals surface area contributed by atoms with Crippen LogP contribution in [0.25, 0.3) is 5.69 Å². The molecular formula is C16H17N5. The molecule has 106 valence electrons. The third-order valence-corrected chi connectivity index (χ3v) is 3.33. The van der Waals surface area contributed by atoms with Crippen molar-refractivity contribution in [2.45, 2.75) is 19.5 Å². The fourth-order valence-electron chi connectivity index (χ4n) is 2.10. The minimum atomic E-state index is 0.233. The van der Waals surface area contributed by atoms with E-state index < -0.39 is 0 Å². The number of hydrogen-bond acceptors (Lipinski definition) is 4. The van der Waals surface area contributed by atoms with Crippen molar-refractivity contribution >= 4 is 0 Å². The number of hydrogen-bond donors (Lipinski definition) is 1. The Bertz CT molecular complexity index is 678. The topological polar surface area (TPSA) is 55.6 Å². The Hall–Kier alpha value is -2.53. The first-order chi connectivity index (χ1) is 10.3. The molecule has 0 amide bonds. The molecule has 5 nitrogen and oxygen atoms in total. The first kappa shape index (κ1) is 13.5. The maximum Gasteiger partial charge on any atom is 0.164 e. The molecular weight excluding hydrogens is 262 g/mol. The van der Waals surface area contributed by atoms with Crippen LogP contribution in [0.1, 0.15) is 24.4 Å². The fourth-order valence-corrected chi connectivity index (χ4v) is 2.10. The highest BCUT2D eigenvalue weighted by molar-refractivity contribution is 5.29. The van der Waals surface area contributed by atoms with Crippen LogP contribution in [0, 0.1) is 0 Å². The number of pyridine rings is 1. The second-order valence-electron chi connectivity index (χ2n) is 4.82. The minimum Gasteiger partial charge on any atom is -0.303 e. The van der Waals surface area contributed by atoms with E-state index in [4.69, 9.17) is 0 Å². The lowest BCUT2D eigenvalue weighted by atomic mass is 10.1. The van der Waals surface area contributed by atoms with E-state index >= 15 is 0 Å². The number of para-hydroxylation sites is 1. The molecule has 0 radical (unpaired) electrons. The smallest absolute Gasteiger partial charge is 0.164 e. The van der Waals surface area contributed by atoms with Crippen molar-refractivity contribution in [2.75, 3.05) is 0 Å². The van der Waals surface area contributed by atoms with Crippen molar-refractivity contribution < 1.29 is 0 Å². The zero-order valence-electron chi connectivity index (χ0n) is 11.8. The Morgan fingerprint density at radius 1 is 1.10 bits per heavy atom. The molecule has 1 aromatic carbocycles. The summed E-state index contributed by atoms with van der Waals surface area (Å²) in [4.78, 5) is 8.36. The molecule has 0 aliphatic carbocycles. The SMILES string of the molecule is C[C@@H](NCc1ncn(-c2ccccc2)n1)c1ccncc1. The molecule has 0 unspecified atom stereocenters. The van der Waals surface area contributed by atoms with Gasteiger partial charge in [0.25, 0.3) is 0 Å². The molecule has 0 saturated carbocycles. The van der Waals surface area contributed by atoms with Crippen LogP contribution in [-0.4, -0.2) is 19.7 Å². The van der Waals surface area contributed by atoms with Gasteiger partial charge in [0.1, 0.15) is 6.33 Å². The van der Waals surface area contributed by atoms with Crippen LogP contribution in [0.4, 0.5) is 0 Å². The molecule has 1 atom stereocenters. The monoisotopic (exact) mass is 279 g/mol. The lowest BCUT2D eigenvalue weighted by molar-refractivity contribution is 0.558. The van der Waals surface area contributed by atoms with E-state index in [0.717, 1.165) is 11.5 Å². The van der Waals surface area contributed by atoms with Gasteiger partial charge >= 0.3 is 0 Å². The summed E-state index contributed by atoms with van der Waals surface area (Å²) in [6.07, 6.45) is 5.34. The second kappa shape index (κ2) is 6.28. The van der Waals surface area contributed by atoms with Gasteiger partial charge in [0.2, 0.25) is 0 Å². The summed E-state index contributed by atoms with van der Waals surface area (Å²) in [6.45, 7) is 2.74. The van der Waals surface area contributed by atoms with Gasteiger partial charge in [0.15, 0.2) is 5.82 Å². The van der Waals surface area contributed by atoms with Crippen LogP contribution in [-0.2, 0) is 6.54 Å². The largest absolute Gasteiger partial charge is 0.303 e. The van der Waals surface area contributed by atoms with Crippen molar-refractivity contribution in [1.82, 2.24) is 25.1 Å². The molecule has 5 heteroatoms. The second-order valence-corrected chi connectivity index (χ2v) is 4.82. The molecule has 2 aromatic heterocycles. The van der Waals surface area contributed by atoms with Crippen LogP contribution in [0.3, 0.4) is 0 Å². The zero-order valence-corrected chi connectivity index (χ0v) is 11.8. The van der Waals surface area contributed by atoms with Crippen LogP contribution in [0.15, 0.2) is 61.2 Å². The molecule has 0 spiro atoms. The van der Waals surface area contributed by atoms with Gasteiger partial charge < -0.3 is 5.32 Å². The number of benzene rings is 1. The molecule has 0 fully saturated rings. The Morgan fingerprint density at radius 2 is 1.86 bits per heavy atom. The zero-order chi connectivity index (χ0) is 14.5. The highest BCUT2D eigenvalue weighted by Crippen LogP contribution is 2.11. The summed E-state index contributed by atoms with van der Waals surface area (Å²) in [5.41, 5.74) is 2.21. The lowest BCUT2D eigenvalue weighted by Crippen LogP contribution is -2.19. The van der Waals surface area contributed by atoms with E-state index in [1.165, 1.54) is 5.56 Å². The highest BCUT2D eigenvalue weighted by atomic mass is 15.3. The Labute approximate surface area is 123 Å². The van der Waals surface area contributed by atoms with E-state index in [1.807, 2.05) is 42.5 Å². The standard InChI is InChI=1S/C16H17N5/c1-13(14-7-9-17-10-8-14)18-11-16-19-12-21(20-16)15-5-3-2-4-6-15/h2-10,12-13,18H,11H2,1H3/t13-/m1/s1. The van der Waals surface area contributed by atoms with Gasteiger partial charge in [-0.05, 0) is 36.8 Å². The van der Waals surface area contributed by atoms with E-state index in [2.05, 4.69) is 27.3 Å². The van der Waals surface area contributed by atoms with Gasteiger partial charge in [-0.3, -0.25) is 4.98 Å². The summed E-state index contributed by atoms with van der Waals surface area (Å²) in [5, 5.41) is 7.89. The summed E-state index contributed by atoms with van der Waals surface area (Å²) < 4.78 is 1.79. The van der Waals surface area contributed by atoms with Crippen molar-refractivity contribution in [3.63, 3.8) is 0 Å². The summed E-state index contributed by atoms with van der Waals surface area (Å²) >= 11 is 0. The summed E-state index contributed by atoms with van der Waals surface area (Å²) in [6, 6.07) is 14.2. The fraction of sp³-hybridized carbons (Fsp3) is 0.188. The van der Waals surface area contributed by atoms with Gasteiger partial charge in [0.05, 0.1) is 12.2 Å². The first-order valence-electron chi connectivity index (χ1n) is 6.92. The first-order valence-corrected chi connectivity index (χ1v) is 6.92. The average molecular weight is 279 g/mol. The van der Waals surface area contributed by atoms with E-state index in [1.54, 1.807) is 23.4 Å². The van der Waals surface area contributed by atoms with Gasteiger partial charge in [-0.1, -0.05) is 18.2 Å². The Morgan fingerprint density at radius 3 is 2.62 bits per heavy atom. The highest BCUT2D eigenvalue weighted by Gasteiger charge is 2.07. The molecule has 0 aliphatic heterocycles. The quantitative estimate of drug-likeness (QED) is 0.779. The maximum absolute atomic E-state index is 4.48. The van der Waals surface area contributed by atoms with Crippen LogP contribution >= 0.6 is 0 Å². The maximum atomic E-state index is 4.48. The number of rotatable bonds is 5. The predicted molar refractivity (Wildman–Crippen MR) is 80.9 cm³/mol. The predicted octanol–water partition coefficient (Wildman–Crippen LogP) is 2.51. The molecule has 0 bridgehead atoms. The molecule has 0 saturated heterocycles. The third kappa shape index (κ3) is 3.32. The normalized spacial score (nSPS) is 12.2. The van der Waals surface area contributed by atoms with E-state index in [-0.39, 0.29) is 6.04 Å². The van der Waals surface area contributed by atoms with Crippen LogP contribution in [0.2, 0.25) is 0 Å². The van der Waals surface area contributed by atoms with Gasteiger partial charge in [-0.15, -0.1) is 5.10 Å². The third-order valence-electron chi connectivity index (χ3n) is 3.33. The Kier molecular flexibility index (Phi) is 4.02. The molecule has 0 aliphatic rings. The Balaban J connectivity index is 1.63. The van der Waals surface area contributed by atoms with Crippen LogP contribution in [0.5, 0.6) is 0 Å². The van der Waals surface area contributed by atoms with Crippen molar-refractivity contribution in [3.05, 3.63) is 72.6 Å². The number of nitrogens with zero attached hydrogens (tertiary/aromatic N) is 4. The lowest BCUT2D eigenvalue weighted by Gasteiger charge is -2.12. The molecule has 1 N–H and O–H groups in total. The number of aromatic nitrogens is 4. The molecule has 21 heavy (non-hydrogen) atoms.